The lowest BCUT2D eigenvalue weighted by Gasteiger charge is -2.23. The summed E-state index contributed by atoms with van der Waals surface area (Å²) in [6.07, 6.45) is 3.00. The molecule has 0 bridgehead atoms. The molecule has 1 saturated heterocycles. The van der Waals surface area contributed by atoms with Crippen LogP contribution in [0.2, 0.25) is 0 Å². The van der Waals surface area contributed by atoms with Gasteiger partial charge in [0.15, 0.2) is 0 Å². The van der Waals surface area contributed by atoms with E-state index in [4.69, 9.17) is 4.74 Å². The molecule has 0 amide bonds. The van der Waals surface area contributed by atoms with Crippen LogP contribution in [0.1, 0.15) is 23.2 Å². The van der Waals surface area contributed by atoms with Gasteiger partial charge in [0, 0.05) is 31.5 Å². The summed E-state index contributed by atoms with van der Waals surface area (Å²) in [4.78, 5) is 12.6. The van der Waals surface area contributed by atoms with Gasteiger partial charge in [-0.3, -0.25) is 4.79 Å². The predicted octanol–water partition coefficient (Wildman–Crippen LogP) is 2.25. The highest BCUT2D eigenvalue weighted by Crippen LogP contribution is 2.20. The standard InChI is InChI=1S/C13H16FNO2/c1-15(8-13-3-2-4-17-13)12-6-10(9-16)5-11(14)7-12/h5-7,9,13H,2-4,8H2,1H3. The van der Waals surface area contributed by atoms with Gasteiger partial charge in [-0.25, -0.2) is 4.39 Å². The van der Waals surface area contributed by atoms with Gasteiger partial charge in [0.25, 0.3) is 0 Å². The van der Waals surface area contributed by atoms with Crippen LogP contribution in [-0.4, -0.2) is 32.6 Å². The molecule has 17 heavy (non-hydrogen) atoms. The van der Waals surface area contributed by atoms with Crippen LogP contribution in [0.15, 0.2) is 18.2 Å². The van der Waals surface area contributed by atoms with Gasteiger partial charge in [0.2, 0.25) is 0 Å². The number of nitrogens with zero attached hydrogens (tertiary/aromatic N) is 1. The average Bonchev–Trinajstić information content (AvgIpc) is 2.81. The summed E-state index contributed by atoms with van der Waals surface area (Å²) in [6.45, 7) is 1.53. The first kappa shape index (κ1) is 12.0. The largest absolute Gasteiger partial charge is 0.376 e. The van der Waals surface area contributed by atoms with Crippen molar-refractivity contribution < 1.29 is 13.9 Å². The van der Waals surface area contributed by atoms with Crippen molar-refractivity contribution in [3.63, 3.8) is 0 Å². The summed E-state index contributed by atoms with van der Waals surface area (Å²) >= 11 is 0. The lowest BCUT2D eigenvalue weighted by molar-refractivity contribution is 0.112. The number of rotatable bonds is 4. The molecule has 0 aliphatic carbocycles. The molecule has 2 rings (SSSR count). The van der Waals surface area contributed by atoms with Crippen molar-refractivity contribution in [1.29, 1.82) is 0 Å². The van der Waals surface area contributed by atoms with Gasteiger partial charge in [-0.2, -0.15) is 0 Å². The Morgan fingerprint density at radius 2 is 2.35 bits per heavy atom. The zero-order valence-corrected chi connectivity index (χ0v) is 9.86. The maximum atomic E-state index is 13.3. The molecule has 0 radical (unpaired) electrons. The molecular weight excluding hydrogens is 221 g/mol. The van der Waals surface area contributed by atoms with E-state index in [1.54, 1.807) is 6.07 Å². The number of halogens is 1. The molecule has 0 N–H and O–H groups in total. The zero-order valence-electron chi connectivity index (χ0n) is 9.86. The summed E-state index contributed by atoms with van der Waals surface area (Å²) in [5.74, 6) is -0.385. The summed E-state index contributed by atoms with van der Waals surface area (Å²) in [5.41, 5.74) is 1.07. The highest BCUT2D eigenvalue weighted by molar-refractivity contribution is 5.77. The maximum absolute atomic E-state index is 13.3. The fraction of sp³-hybridized carbons (Fsp3) is 0.462. The number of aldehydes is 1. The Morgan fingerprint density at radius 1 is 1.53 bits per heavy atom. The third-order valence-electron chi connectivity index (χ3n) is 2.98. The number of carbonyl (C=O) groups is 1. The molecule has 0 saturated carbocycles. The van der Waals surface area contributed by atoms with Crippen molar-refractivity contribution in [1.82, 2.24) is 0 Å². The third kappa shape index (κ3) is 3.03. The number of benzene rings is 1. The van der Waals surface area contributed by atoms with Gasteiger partial charge in [-0.1, -0.05) is 0 Å². The van der Waals surface area contributed by atoms with Crippen LogP contribution in [0.4, 0.5) is 10.1 Å². The minimum atomic E-state index is -0.385. The summed E-state index contributed by atoms with van der Waals surface area (Å²) in [7, 11) is 1.88. The van der Waals surface area contributed by atoms with Gasteiger partial charge < -0.3 is 9.64 Å². The summed E-state index contributed by atoms with van der Waals surface area (Å²) in [5, 5.41) is 0. The number of carbonyl (C=O) groups excluding carboxylic acids is 1. The fourth-order valence-corrected chi connectivity index (χ4v) is 2.08. The van der Waals surface area contributed by atoms with Crippen LogP contribution in [0.5, 0.6) is 0 Å². The number of hydrogen-bond acceptors (Lipinski definition) is 3. The SMILES string of the molecule is CN(CC1CCCO1)c1cc(F)cc(C=O)c1. The molecule has 1 unspecified atom stereocenters. The Kier molecular flexibility index (Phi) is 3.74. The first-order valence-electron chi connectivity index (χ1n) is 5.77. The molecule has 1 aromatic carbocycles. The topological polar surface area (TPSA) is 29.5 Å². The van der Waals surface area contributed by atoms with Crippen LogP contribution in [0, 0.1) is 5.82 Å². The van der Waals surface area contributed by atoms with E-state index in [9.17, 15) is 9.18 Å². The molecule has 1 aliphatic rings. The van der Waals surface area contributed by atoms with Gasteiger partial charge >= 0.3 is 0 Å². The molecule has 0 aromatic heterocycles. The van der Waals surface area contributed by atoms with Crippen molar-refractivity contribution in [2.75, 3.05) is 25.1 Å². The second-order valence-electron chi connectivity index (χ2n) is 4.38. The molecule has 3 nitrogen and oxygen atoms in total. The van der Waals surface area contributed by atoms with Crippen LogP contribution in [0.25, 0.3) is 0 Å². The second kappa shape index (κ2) is 5.27. The second-order valence-corrected chi connectivity index (χ2v) is 4.38. The lowest BCUT2D eigenvalue weighted by atomic mass is 10.2. The van der Waals surface area contributed by atoms with Gasteiger partial charge in [-0.05, 0) is 31.0 Å². The van der Waals surface area contributed by atoms with E-state index < -0.39 is 0 Å². The van der Waals surface area contributed by atoms with E-state index in [1.165, 1.54) is 12.1 Å². The Balaban J connectivity index is 2.09. The number of ether oxygens (including phenoxy) is 1. The van der Waals surface area contributed by atoms with Crippen LogP contribution in [0.3, 0.4) is 0 Å². The van der Waals surface area contributed by atoms with Crippen molar-refractivity contribution in [3.8, 4) is 0 Å². The van der Waals surface area contributed by atoms with Gasteiger partial charge in [-0.15, -0.1) is 0 Å². The number of likely N-dealkylation sites (N-methyl/N-ethyl adjacent to an activating group) is 1. The third-order valence-corrected chi connectivity index (χ3v) is 2.98. The molecule has 1 aliphatic heterocycles. The van der Waals surface area contributed by atoms with Crippen molar-refractivity contribution in [2.45, 2.75) is 18.9 Å². The Hall–Kier alpha value is -1.42. The monoisotopic (exact) mass is 237 g/mol. The zero-order chi connectivity index (χ0) is 12.3. The number of hydrogen-bond donors (Lipinski definition) is 0. The predicted molar refractivity (Wildman–Crippen MR) is 64.0 cm³/mol. The maximum Gasteiger partial charge on any atom is 0.150 e. The Bertz CT molecular complexity index is 402. The first-order valence-corrected chi connectivity index (χ1v) is 5.77. The molecular formula is C13H16FNO2. The minimum absolute atomic E-state index is 0.211. The Morgan fingerprint density at radius 3 is 3.00 bits per heavy atom. The Labute approximate surface area is 100 Å². The summed E-state index contributed by atoms with van der Waals surface area (Å²) in [6, 6.07) is 4.35. The van der Waals surface area contributed by atoms with Crippen LogP contribution < -0.4 is 4.90 Å². The van der Waals surface area contributed by atoms with E-state index in [0.717, 1.165) is 26.0 Å². The van der Waals surface area contributed by atoms with Crippen molar-refractivity contribution in [3.05, 3.63) is 29.6 Å². The molecule has 1 heterocycles. The van der Waals surface area contributed by atoms with Crippen molar-refractivity contribution in [2.24, 2.45) is 0 Å². The molecule has 1 aromatic rings. The van der Waals surface area contributed by atoms with E-state index >= 15 is 0 Å². The number of anilines is 1. The van der Waals surface area contributed by atoms with Crippen LogP contribution >= 0.6 is 0 Å². The van der Waals surface area contributed by atoms with E-state index in [2.05, 4.69) is 0 Å². The smallest absolute Gasteiger partial charge is 0.150 e. The highest BCUT2D eigenvalue weighted by atomic mass is 19.1. The van der Waals surface area contributed by atoms with Crippen LogP contribution in [-0.2, 0) is 4.74 Å². The molecule has 1 atom stereocenters. The van der Waals surface area contributed by atoms with E-state index in [1.807, 2.05) is 11.9 Å². The highest BCUT2D eigenvalue weighted by Gasteiger charge is 2.18. The molecule has 4 heteroatoms. The van der Waals surface area contributed by atoms with Gasteiger partial charge in [0.1, 0.15) is 12.1 Å². The molecule has 0 spiro atoms. The quantitative estimate of drug-likeness (QED) is 0.752. The molecule has 1 fully saturated rings. The van der Waals surface area contributed by atoms with Gasteiger partial charge in [0.05, 0.1) is 6.10 Å². The summed E-state index contributed by atoms with van der Waals surface area (Å²) < 4.78 is 18.8. The normalized spacial score (nSPS) is 19.3. The first-order chi connectivity index (χ1) is 8.19. The fourth-order valence-electron chi connectivity index (χ4n) is 2.08. The van der Waals surface area contributed by atoms with E-state index in [0.29, 0.717) is 17.5 Å². The molecule has 92 valence electrons. The lowest BCUT2D eigenvalue weighted by Crippen LogP contribution is -2.28. The van der Waals surface area contributed by atoms with Crippen molar-refractivity contribution >= 4 is 12.0 Å². The minimum Gasteiger partial charge on any atom is -0.376 e. The van der Waals surface area contributed by atoms with E-state index in [-0.39, 0.29) is 11.9 Å². The average molecular weight is 237 g/mol.